The van der Waals surface area contributed by atoms with Crippen molar-refractivity contribution in [3.8, 4) is 0 Å². The van der Waals surface area contributed by atoms with E-state index in [1.54, 1.807) is 18.6 Å². The molecule has 76 valence electrons. The highest BCUT2D eigenvalue weighted by Gasteiger charge is 1.99. The third-order valence-electron chi connectivity index (χ3n) is 1.93. The zero-order chi connectivity index (χ0) is 10.7. The smallest absolute Gasteiger partial charge is 0.293 e. The molecule has 5 heteroatoms. The van der Waals surface area contributed by atoms with Gasteiger partial charge in [-0.3, -0.25) is 9.55 Å². The highest BCUT2D eigenvalue weighted by Crippen LogP contribution is 2.04. The molecular formula is C10H8ClN3O. The molecule has 0 atom stereocenters. The molecule has 0 fully saturated rings. The van der Waals surface area contributed by atoms with Gasteiger partial charge in [-0.2, -0.15) is 0 Å². The molecule has 0 saturated carbocycles. The maximum Gasteiger partial charge on any atom is 0.347 e. The molecule has 0 bridgehead atoms. The van der Waals surface area contributed by atoms with Crippen molar-refractivity contribution in [1.29, 1.82) is 0 Å². The summed E-state index contributed by atoms with van der Waals surface area (Å²) in [6.45, 7) is 0.453. The van der Waals surface area contributed by atoms with E-state index in [0.717, 1.165) is 5.56 Å². The quantitative estimate of drug-likeness (QED) is 0.769. The summed E-state index contributed by atoms with van der Waals surface area (Å²) in [5, 5.41) is 0.448. The molecule has 0 aliphatic heterocycles. The Kier molecular flexibility index (Phi) is 2.78. The number of hydrogen-bond donors (Lipinski definition) is 0. The Morgan fingerprint density at radius 2 is 2.07 bits per heavy atom. The molecule has 4 nitrogen and oxygen atoms in total. The van der Waals surface area contributed by atoms with E-state index in [9.17, 15) is 4.79 Å². The summed E-state index contributed by atoms with van der Waals surface area (Å²) >= 11 is 5.75. The summed E-state index contributed by atoms with van der Waals surface area (Å²) in [7, 11) is 0. The number of pyridine rings is 1. The summed E-state index contributed by atoms with van der Waals surface area (Å²) < 4.78 is 1.46. The first-order valence-corrected chi connectivity index (χ1v) is 4.74. The van der Waals surface area contributed by atoms with Crippen LogP contribution in [-0.4, -0.2) is 14.5 Å². The van der Waals surface area contributed by atoms with Crippen molar-refractivity contribution in [3.63, 3.8) is 0 Å². The molecule has 15 heavy (non-hydrogen) atoms. The Hall–Kier alpha value is -1.68. The van der Waals surface area contributed by atoms with Crippen LogP contribution in [0.2, 0.25) is 5.02 Å². The van der Waals surface area contributed by atoms with Crippen LogP contribution >= 0.6 is 11.6 Å². The van der Waals surface area contributed by atoms with Gasteiger partial charge in [0, 0.05) is 18.6 Å². The van der Waals surface area contributed by atoms with Crippen LogP contribution in [0, 0.1) is 0 Å². The third kappa shape index (κ3) is 2.41. The number of hydrogen-bond acceptors (Lipinski definition) is 3. The van der Waals surface area contributed by atoms with Crippen LogP contribution in [0.4, 0.5) is 0 Å². The van der Waals surface area contributed by atoms with Crippen molar-refractivity contribution in [2.45, 2.75) is 6.54 Å². The lowest BCUT2D eigenvalue weighted by Gasteiger charge is -2.04. The van der Waals surface area contributed by atoms with E-state index in [1.165, 1.54) is 10.8 Å². The minimum Gasteiger partial charge on any atom is -0.293 e. The van der Waals surface area contributed by atoms with Crippen LogP contribution in [0.25, 0.3) is 0 Å². The third-order valence-corrected chi connectivity index (χ3v) is 2.12. The van der Waals surface area contributed by atoms with E-state index < -0.39 is 0 Å². The molecule has 2 heterocycles. The molecule has 0 aromatic carbocycles. The first kappa shape index (κ1) is 9.86. The fraction of sp³-hybridized carbons (Fsp3) is 0.100. The van der Waals surface area contributed by atoms with Gasteiger partial charge in [0.25, 0.3) is 0 Å². The van der Waals surface area contributed by atoms with Crippen molar-refractivity contribution in [1.82, 2.24) is 14.5 Å². The fourth-order valence-electron chi connectivity index (χ4n) is 1.23. The van der Waals surface area contributed by atoms with Gasteiger partial charge in [-0.05, 0) is 17.7 Å². The lowest BCUT2D eigenvalue weighted by atomic mass is 10.3. The van der Waals surface area contributed by atoms with Crippen molar-refractivity contribution in [2.24, 2.45) is 0 Å². The summed E-state index contributed by atoms with van der Waals surface area (Å²) in [5.74, 6) is 0. The van der Waals surface area contributed by atoms with Crippen LogP contribution < -0.4 is 5.69 Å². The second kappa shape index (κ2) is 4.23. The second-order valence-electron chi connectivity index (χ2n) is 3.04. The van der Waals surface area contributed by atoms with E-state index in [4.69, 9.17) is 11.6 Å². The second-order valence-corrected chi connectivity index (χ2v) is 3.47. The van der Waals surface area contributed by atoms with Gasteiger partial charge in [0.05, 0.1) is 17.8 Å². The molecule has 0 radical (unpaired) electrons. The lowest BCUT2D eigenvalue weighted by molar-refractivity contribution is 0.726. The highest BCUT2D eigenvalue weighted by atomic mass is 35.5. The van der Waals surface area contributed by atoms with E-state index >= 15 is 0 Å². The van der Waals surface area contributed by atoms with Gasteiger partial charge in [-0.1, -0.05) is 11.6 Å². The number of halogens is 1. The lowest BCUT2D eigenvalue weighted by Crippen LogP contribution is -2.22. The minimum atomic E-state index is -0.309. The fourth-order valence-corrected chi connectivity index (χ4v) is 1.39. The van der Waals surface area contributed by atoms with E-state index in [-0.39, 0.29) is 5.69 Å². The summed E-state index contributed by atoms with van der Waals surface area (Å²) in [6, 6.07) is 3.68. The van der Waals surface area contributed by atoms with Gasteiger partial charge in [0.2, 0.25) is 0 Å². The minimum absolute atomic E-state index is 0.309. The van der Waals surface area contributed by atoms with E-state index in [0.29, 0.717) is 11.6 Å². The SMILES string of the molecule is O=c1ncc(Cl)cn1Cc1ccncc1. The maximum atomic E-state index is 11.4. The first-order chi connectivity index (χ1) is 7.25. The van der Waals surface area contributed by atoms with Gasteiger partial charge in [-0.25, -0.2) is 9.78 Å². The zero-order valence-electron chi connectivity index (χ0n) is 7.80. The number of rotatable bonds is 2. The Balaban J connectivity index is 2.32. The van der Waals surface area contributed by atoms with Crippen LogP contribution in [-0.2, 0) is 6.54 Å². The van der Waals surface area contributed by atoms with Crippen LogP contribution in [0.5, 0.6) is 0 Å². The average Bonchev–Trinajstić information content (AvgIpc) is 2.25. The monoisotopic (exact) mass is 221 g/mol. The van der Waals surface area contributed by atoms with Crippen molar-refractivity contribution >= 4 is 11.6 Å². The Bertz CT molecular complexity index is 510. The first-order valence-electron chi connectivity index (χ1n) is 4.36. The molecule has 2 aromatic heterocycles. The van der Waals surface area contributed by atoms with Gasteiger partial charge < -0.3 is 0 Å². The van der Waals surface area contributed by atoms with Gasteiger partial charge >= 0.3 is 5.69 Å². The molecule has 0 spiro atoms. The largest absolute Gasteiger partial charge is 0.347 e. The van der Waals surface area contributed by atoms with E-state index in [1.807, 2.05) is 12.1 Å². The predicted molar refractivity (Wildman–Crippen MR) is 56.8 cm³/mol. The van der Waals surface area contributed by atoms with E-state index in [2.05, 4.69) is 9.97 Å². The highest BCUT2D eigenvalue weighted by molar-refractivity contribution is 6.30. The van der Waals surface area contributed by atoms with Gasteiger partial charge in [0.1, 0.15) is 0 Å². The molecule has 0 unspecified atom stereocenters. The van der Waals surface area contributed by atoms with Gasteiger partial charge in [0.15, 0.2) is 0 Å². The zero-order valence-corrected chi connectivity index (χ0v) is 8.55. The van der Waals surface area contributed by atoms with Crippen LogP contribution in [0.15, 0.2) is 41.7 Å². The standard InChI is InChI=1S/C10H8ClN3O/c11-9-5-13-10(15)14(7-9)6-8-1-3-12-4-2-8/h1-5,7H,6H2. The molecule has 0 aliphatic rings. The van der Waals surface area contributed by atoms with Crippen molar-refractivity contribution in [3.05, 3.63) is 58.0 Å². The summed E-state index contributed by atoms with van der Waals surface area (Å²) in [4.78, 5) is 18.9. The van der Waals surface area contributed by atoms with Crippen LogP contribution in [0.3, 0.4) is 0 Å². The summed E-state index contributed by atoms with van der Waals surface area (Å²) in [6.07, 6.45) is 6.26. The average molecular weight is 222 g/mol. The normalized spacial score (nSPS) is 10.2. The predicted octanol–water partition coefficient (Wildman–Crippen LogP) is 1.34. The number of aromatic nitrogens is 3. The molecule has 2 rings (SSSR count). The number of nitrogens with zero attached hydrogens (tertiary/aromatic N) is 3. The Morgan fingerprint density at radius 3 is 2.80 bits per heavy atom. The molecule has 0 N–H and O–H groups in total. The maximum absolute atomic E-state index is 11.4. The van der Waals surface area contributed by atoms with Gasteiger partial charge in [-0.15, -0.1) is 0 Å². The summed E-state index contributed by atoms with van der Waals surface area (Å²) in [5.41, 5.74) is 0.673. The Labute approximate surface area is 91.2 Å². The molecule has 2 aromatic rings. The molecular weight excluding hydrogens is 214 g/mol. The molecule has 0 aliphatic carbocycles. The van der Waals surface area contributed by atoms with Crippen LogP contribution in [0.1, 0.15) is 5.56 Å². The Morgan fingerprint density at radius 1 is 1.33 bits per heavy atom. The van der Waals surface area contributed by atoms with Crippen molar-refractivity contribution < 1.29 is 0 Å². The van der Waals surface area contributed by atoms with Crippen molar-refractivity contribution in [2.75, 3.05) is 0 Å². The molecule has 0 saturated heterocycles. The topological polar surface area (TPSA) is 47.8 Å². The molecule has 0 amide bonds.